The molecule has 1 aromatic carbocycles. The summed E-state index contributed by atoms with van der Waals surface area (Å²) < 4.78 is 0. The van der Waals surface area contributed by atoms with Crippen LogP contribution in [-0.4, -0.2) is 48.6 Å². The first kappa shape index (κ1) is 17.0. The number of thiophene rings is 1. The molecule has 140 valence electrons. The minimum atomic E-state index is -0.746. The first-order valence-electron chi connectivity index (χ1n) is 9.64. The van der Waals surface area contributed by atoms with Gasteiger partial charge in [-0.2, -0.15) is 0 Å². The van der Waals surface area contributed by atoms with Crippen LogP contribution in [0.15, 0.2) is 41.4 Å². The van der Waals surface area contributed by atoms with Crippen LogP contribution < -0.4 is 10.2 Å². The highest BCUT2D eigenvalue weighted by Gasteiger charge is 2.28. The average Bonchev–Trinajstić information content (AvgIpc) is 3.08. The fourth-order valence-corrected chi connectivity index (χ4v) is 5.36. The van der Waals surface area contributed by atoms with Crippen molar-refractivity contribution in [3.05, 3.63) is 52.4 Å². The first-order chi connectivity index (χ1) is 13.3. The van der Waals surface area contributed by atoms with Crippen LogP contribution >= 0.6 is 11.3 Å². The van der Waals surface area contributed by atoms with E-state index in [9.17, 15) is 5.11 Å². The van der Waals surface area contributed by atoms with Gasteiger partial charge >= 0.3 is 0 Å². The molecule has 1 fully saturated rings. The van der Waals surface area contributed by atoms with Gasteiger partial charge in [0, 0.05) is 42.3 Å². The Morgan fingerprint density at radius 1 is 1.15 bits per heavy atom. The number of aliphatic imine (C=N–C) groups is 1. The van der Waals surface area contributed by atoms with Crippen LogP contribution in [0.2, 0.25) is 0 Å². The van der Waals surface area contributed by atoms with Crippen LogP contribution in [0.3, 0.4) is 0 Å². The number of aliphatic hydroxyl groups is 1. The number of amidine groups is 1. The largest absolute Gasteiger partial charge is 0.369 e. The molecule has 0 radical (unpaired) electrons. The van der Waals surface area contributed by atoms with E-state index in [-0.39, 0.29) is 0 Å². The Morgan fingerprint density at radius 2 is 1.96 bits per heavy atom. The zero-order chi connectivity index (χ0) is 18.2. The van der Waals surface area contributed by atoms with E-state index in [1.54, 1.807) is 11.3 Å². The highest BCUT2D eigenvalue weighted by atomic mass is 32.1. The van der Waals surface area contributed by atoms with E-state index in [1.165, 1.54) is 16.1 Å². The molecule has 3 aliphatic rings. The van der Waals surface area contributed by atoms with Gasteiger partial charge in [-0.25, -0.2) is 4.99 Å². The van der Waals surface area contributed by atoms with E-state index in [1.807, 2.05) is 0 Å². The quantitative estimate of drug-likeness (QED) is 0.858. The molecule has 3 heterocycles. The van der Waals surface area contributed by atoms with Gasteiger partial charge in [-0.15, -0.1) is 11.3 Å². The van der Waals surface area contributed by atoms with Crippen molar-refractivity contribution in [3.63, 3.8) is 0 Å². The fourth-order valence-electron chi connectivity index (χ4n) is 4.11. The number of hydrogen-bond donors (Lipinski definition) is 2. The maximum atomic E-state index is 10.6. The van der Waals surface area contributed by atoms with Gasteiger partial charge in [-0.05, 0) is 30.5 Å². The number of aryl methyl sites for hydroxylation is 1. The molecule has 0 amide bonds. The zero-order valence-electron chi connectivity index (χ0n) is 15.3. The zero-order valence-corrected chi connectivity index (χ0v) is 16.1. The van der Waals surface area contributed by atoms with E-state index in [2.05, 4.69) is 62.6 Å². The summed E-state index contributed by atoms with van der Waals surface area (Å²) in [6.07, 6.45) is 5.73. The Balaban J connectivity index is 1.24. The second kappa shape index (κ2) is 7.11. The maximum Gasteiger partial charge on any atom is 0.176 e. The van der Waals surface area contributed by atoms with Crippen molar-refractivity contribution in [1.82, 2.24) is 4.90 Å². The van der Waals surface area contributed by atoms with Crippen molar-refractivity contribution < 1.29 is 5.11 Å². The number of nitrogens with zero attached hydrogens (tertiary/aromatic N) is 3. The average molecular weight is 381 g/mol. The van der Waals surface area contributed by atoms with Gasteiger partial charge in [0.05, 0.1) is 6.54 Å². The third-order valence-electron chi connectivity index (χ3n) is 5.54. The lowest BCUT2D eigenvalue weighted by molar-refractivity contribution is 0.187. The van der Waals surface area contributed by atoms with E-state index >= 15 is 0 Å². The molecule has 27 heavy (non-hydrogen) atoms. The highest BCUT2D eigenvalue weighted by Crippen LogP contribution is 2.43. The van der Waals surface area contributed by atoms with Crippen LogP contribution in [0, 0.1) is 0 Å². The van der Waals surface area contributed by atoms with Gasteiger partial charge in [0.1, 0.15) is 10.8 Å². The van der Waals surface area contributed by atoms with Gasteiger partial charge in [0.25, 0.3) is 0 Å². The summed E-state index contributed by atoms with van der Waals surface area (Å²) in [6.45, 7) is 4.80. The SMILES string of the molecule is OC1N=C(CN2CCN(c3ccccc3)CC2)Nc2sc3c(c21)C=CCC3. The molecular weight excluding hydrogens is 356 g/mol. The van der Waals surface area contributed by atoms with E-state index in [0.29, 0.717) is 0 Å². The Morgan fingerprint density at radius 3 is 2.78 bits per heavy atom. The molecule has 1 saturated heterocycles. The highest BCUT2D eigenvalue weighted by molar-refractivity contribution is 7.16. The smallest absolute Gasteiger partial charge is 0.176 e. The summed E-state index contributed by atoms with van der Waals surface area (Å²) in [4.78, 5) is 10.8. The molecule has 2 aliphatic heterocycles. The molecule has 6 heteroatoms. The fraction of sp³-hybridized carbons (Fsp3) is 0.381. The number of para-hydroxylation sites is 1. The number of aliphatic hydroxyl groups excluding tert-OH is 1. The number of fused-ring (bicyclic) bond motifs is 3. The summed E-state index contributed by atoms with van der Waals surface area (Å²) in [6, 6.07) is 10.6. The van der Waals surface area contributed by atoms with Crippen molar-refractivity contribution >= 4 is 33.9 Å². The Hall–Kier alpha value is -2.15. The van der Waals surface area contributed by atoms with Crippen molar-refractivity contribution in [1.29, 1.82) is 0 Å². The predicted molar refractivity (Wildman–Crippen MR) is 113 cm³/mol. The van der Waals surface area contributed by atoms with Crippen molar-refractivity contribution in [2.45, 2.75) is 19.1 Å². The summed E-state index contributed by atoms with van der Waals surface area (Å²) in [5, 5.41) is 15.2. The van der Waals surface area contributed by atoms with Crippen LogP contribution in [0.5, 0.6) is 0 Å². The molecule has 0 saturated carbocycles. The molecule has 1 atom stereocenters. The molecular formula is C21H24N4OS. The number of allylic oxidation sites excluding steroid dienone is 1. The maximum absolute atomic E-state index is 10.6. The number of nitrogens with one attached hydrogen (secondary N) is 1. The van der Waals surface area contributed by atoms with Gasteiger partial charge < -0.3 is 15.3 Å². The Kier molecular flexibility index (Phi) is 4.47. The standard InChI is InChI=1S/C21H24N4OS/c26-20-19-16-8-4-5-9-17(16)27-21(19)23-18(22-20)14-24-10-12-25(13-11-24)15-6-2-1-3-7-15/h1-4,6-8,20,26H,5,9-14H2,(H,22,23). The summed E-state index contributed by atoms with van der Waals surface area (Å²) in [5.74, 6) is 0.880. The molecule has 2 aromatic rings. The second-order valence-electron chi connectivity index (χ2n) is 7.30. The Bertz CT molecular complexity index is 881. The molecule has 5 rings (SSSR count). The van der Waals surface area contributed by atoms with Crippen LogP contribution in [0.4, 0.5) is 10.7 Å². The molecule has 0 spiro atoms. The first-order valence-corrected chi connectivity index (χ1v) is 10.5. The van der Waals surface area contributed by atoms with Crippen LogP contribution in [0.25, 0.3) is 6.08 Å². The van der Waals surface area contributed by atoms with Gasteiger partial charge in [-0.1, -0.05) is 30.4 Å². The minimum Gasteiger partial charge on any atom is -0.369 e. The second-order valence-corrected chi connectivity index (χ2v) is 8.40. The van der Waals surface area contributed by atoms with Crippen LogP contribution in [-0.2, 0) is 6.42 Å². The van der Waals surface area contributed by atoms with Gasteiger partial charge in [0.2, 0.25) is 0 Å². The number of anilines is 2. The normalized spacial score (nSPS) is 22.0. The number of benzene rings is 1. The molecule has 2 N–H and O–H groups in total. The topological polar surface area (TPSA) is 51.1 Å². The van der Waals surface area contributed by atoms with E-state index in [4.69, 9.17) is 0 Å². The lowest BCUT2D eigenvalue weighted by atomic mass is 10.0. The molecule has 1 unspecified atom stereocenters. The minimum absolute atomic E-state index is 0.746. The number of piperazine rings is 1. The van der Waals surface area contributed by atoms with Crippen molar-refractivity contribution in [3.8, 4) is 0 Å². The van der Waals surface area contributed by atoms with Gasteiger partial charge in [0.15, 0.2) is 6.23 Å². The lowest BCUT2D eigenvalue weighted by Gasteiger charge is -2.36. The Labute approximate surface area is 163 Å². The third kappa shape index (κ3) is 3.29. The predicted octanol–water partition coefficient (Wildman–Crippen LogP) is 3.34. The summed E-state index contributed by atoms with van der Waals surface area (Å²) in [7, 11) is 0. The lowest BCUT2D eigenvalue weighted by Crippen LogP contribution is -2.49. The van der Waals surface area contributed by atoms with Gasteiger partial charge in [-0.3, -0.25) is 4.90 Å². The van der Waals surface area contributed by atoms with Crippen molar-refractivity contribution in [2.75, 3.05) is 42.9 Å². The van der Waals surface area contributed by atoms with E-state index in [0.717, 1.165) is 62.0 Å². The van der Waals surface area contributed by atoms with Crippen molar-refractivity contribution in [2.24, 2.45) is 4.99 Å². The molecule has 5 nitrogen and oxygen atoms in total. The third-order valence-corrected chi connectivity index (χ3v) is 6.74. The molecule has 0 bridgehead atoms. The number of hydrogen-bond acceptors (Lipinski definition) is 6. The monoisotopic (exact) mass is 380 g/mol. The summed E-state index contributed by atoms with van der Waals surface area (Å²) in [5.41, 5.74) is 3.44. The van der Waals surface area contributed by atoms with E-state index < -0.39 is 6.23 Å². The van der Waals surface area contributed by atoms with Crippen LogP contribution in [0.1, 0.15) is 28.7 Å². The molecule has 1 aromatic heterocycles. The summed E-state index contributed by atoms with van der Waals surface area (Å²) >= 11 is 1.78. The number of rotatable bonds is 3. The molecule has 1 aliphatic carbocycles.